The summed E-state index contributed by atoms with van der Waals surface area (Å²) in [6.45, 7) is 5.49. The summed E-state index contributed by atoms with van der Waals surface area (Å²) in [5.41, 5.74) is 1.03. The summed E-state index contributed by atoms with van der Waals surface area (Å²) in [4.78, 5) is 18.6. The summed E-state index contributed by atoms with van der Waals surface area (Å²) in [6, 6.07) is 10.1. The van der Waals surface area contributed by atoms with E-state index >= 15 is 0 Å². The molecule has 1 saturated carbocycles. The van der Waals surface area contributed by atoms with E-state index in [1.807, 2.05) is 53.8 Å². The number of nitrogens with zero attached hydrogens (tertiary/aromatic N) is 4. The van der Waals surface area contributed by atoms with Crippen LogP contribution >= 0.6 is 11.8 Å². The molecule has 23 heavy (non-hydrogen) atoms. The van der Waals surface area contributed by atoms with E-state index in [1.54, 1.807) is 0 Å². The summed E-state index contributed by atoms with van der Waals surface area (Å²) in [5, 5.41) is 5.31. The SMILES string of the molecule is CCN(CC)C(=O)CSc1nc(C2CC2)n(-c2ccccc2)n1. The van der Waals surface area contributed by atoms with Crippen LogP contribution in [0.1, 0.15) is 38.4 Å². The van der Waals surface area contributed by atoms with Crippen molar-refractivity contribution >= 4 is 17.7 Å². The van der Waals surface area contributed by atoms with Crippen molar-refractivity contribution in [2.75, 3.05) is 18.8 Å². The van der Waals surface area contributed by atoms with Gasteiger partial charge in [-0.3, -0.25) is 4.79 Å². The third-order valence-corrected chi connectivity index (χ3v) is 4.82. The highest BCUT2D eigenvalue weighted by atomic mass is 32.2. The van der Waals surface area contributed by atoms with E-state index in [4.69, 9.17) is 0 Å². The number of hydrogen-bond donors (Lipinski definition) is 0. The van der Waals surface area contributed by atoms with Crippen molar-refractivity contribution in [3.63, 3.8) is 0 Å². The number of carbonyl (C=O) groups excluding carboxylic acids is 1. The van der Waals surface area contributed by atoms with Gasteiger partial charge >= 0.3 is 0 Å². The molecule has 3 rings (SSSR count). The molecule has 1 aliphatic carbocycles. The standard InChI is InChI=1S/C17H22N4OS/c1-3-20(4-2)15(22)12-23-17-18-16(13-10-11-13)21(19-17)14-8-6-5-7-9-14/h5-9,13H,3-4,10-12H2,1-2H3. The highest BCUT2D eigenvalue weighted by Gasteiger charge is 2.30. The van der Waals surface area contributed by atoms with E-state index in [-0.39, 0.29) is 5.91 Å². The highest BCUT2D eigenvalue weighted by Crippen LogP contribution is 2.40. The molecule has 1 aromatic heterocycles. The van der Waals surface area contributed by atoms with Gasteiger partial charge in [-0.25, -0.2) is 9.67 Å². The Morgan fingerprint density at radius 2 is 1.96 bits per heavy atom. The molecule has 1 aromatic carbocycles. The van der Waals surface area contributed by atoms with E-state index in [0.29, 0.717) is 16.8 Å². The first-order valence-electron chi connectivity index (χ1n) is 8.15. The van der Waals surface area contributed by atoms with Crippen LogP contribution in [0.5, 0.6) is 0 Å². The second-order valence-electron chi connectivity index (χ2n) is 5.63. The highest BCUT2D eigenvalue weighted by molar-refractivity contribution is 7.99. The van der Waals surface area contributed by atoms with Gasteiger partial charge in [-0.1, -0.05) is 30.0 Å². The molecule has 1 aliphatic rings. The molecule has 0 atom stereocenters. The minimum Gasteiger partial charge on any atom is -0.343 e. The van der Waals surface area contributed by atoms with E-state index < -0.39 is 0 Å². The van der Waals surface area contributed by atoms with Crippen LogP contribution in [0.25, 0.3) is 5.69 Å². The zero-order valence-corrected chi connectivity index (χ0v) is 14.4. The Balaban J connectivity index is 1.75. The van der Waals surface area contributed by atoms with Crippen LogP contribution in [0.15, 0.2) is 35.5 Å². The Morgan fingerprint density at radius 1 is 1.26 bits per heavy atom. The Labute approximate surface area is 141 Å². The summed E-state index contributed by atoms with van der Waals surface area (Å²) in [7, 11) is 0. The second-order valence-corrected chi connectivity index (χ2v) is 6.57. The molecular formula is C17H22N4OS. The number of aromatic nitrogens is 3. The number of hydrogen-bond acceptors (Lipinski definition) is 4. The molecule has 1 fully saturated rings. The van der Waals surface area contributed by atoms with Gasteiger partial charge in [-0.15, -0.1) is 5.10 Å². The smallest absolute Gasteiger partial charge is 0.233 e. The first-order chi connectivity index (χ1) is 11.2. The fourth-order valence-electron chi connectivity index (χ4n) is 2.52. The Bertz CT molecular complexity index is 662. The van der Waals surface area contributed by atoms with Crippen LogP contribution in [0.3, 0.4) is 0 Å². The quantitative estimate of drug-likeness (QED) is 0.732. The van der Waals surface area contributed by atoms with Crippen LogP contribution in [0.4, 0.5) is 0 Å². The summed E-state index contributed by atoms with van der Waals surface area (Å²) in [5.74, 6) is 2.07. The number of carbonyl (C=O) groups is 1. The van der Waals surface area contributed by atoms with Crippen molar-refractivity contribution < 1.29 is 4.79 Å². The Morgan fingerprint density at radius 3 is 2.57 bits per heavy atom. The van der Waals surface area contributed by atoms with Gasteiger partial charge in [0.05, 0.1) is 11.4 Å². The maximum Gasteiger partial charge on any atom is 0.233 e. The van der Waals surface area contributed by atoms with Gasteiger partial charge in [0.1, 0.15) is 5.82 Å². The lowest BCUT2D eigenvalue weighted by atomic mass is 10.3. The lowest BCUT2D eigenvalue weighted by Crippen LogP contribution is -2.31. The molecule has 0 radical (unpaired) electrons. The van der Waals surface area contributed by atoms with Crippen LogP contribution < -0.4 is 0 Å². The normalized spacial score (nSPS) is 14.0. The molecule has 1 heterocycles. The third-order valence-electron chi connectivity index (χ3n) is 4.00. The van der Waals surface area contributed by atoms with Crippen molar-refractivity contribution in [1.29, 1.82) is 0 Å². The maximum atomic E-state index is 12.1. The predicted molar refractivity (Wildman–Crippen MR) is 92.0 cm³/mol. The average Bonchev–Trinajstić information content (AvgIpc) is 3.34. The summed E-state index contributed by atoms with van der Waals surface area (Å²) >= 11 is 1.43. The van der Waals surface area contributed by atoms with Crippen LogP contribution in [-0.2, 0) is 4.79 Å². The average molecular weight is 330 g/mol. The van der Waals surface area contributed by atoms with Crippen molar-refractivity contribution in [2.24, 2.45) is 0 Å². The number of para-hydroxylation sites is 1. The fraction of sp³-hybridized carbons (Fsp3) is 0.471. The summed E-state index contributed by atoms with van der Waals surface area (Å²) in [6.07, 6.45) is 2.35. The molecule has 2 aromatic rings. The molecule has 5 nitrogen and oxygen atoms in total. The Hall–Kier alpha value is -1.82. The molecule has 0 aliphatic heterocycles. The number of rotatable bonds is 7. The molecule has 0 bridgehead atoms. The van der Waals surface area contributed by atoms with Crippen molar-refractivity contribution in [1.82, 2.24) is 19.7 Å². The van der Waals surface area contributed by atoms with Crippen LogP contribution in [0, 0.1) is 0 Å². The topological polar surface area (TPSA) is 51.0 Å². The first kappa shape index (κ1) is 16.1. The van der Waals surface area contributed by atoms with Gasteiger partial charge in [-0.05, 0) is 38.8 Å². The summed E-state index contributed by atoms with van der Waals surface area (Å²) < 4.78 is 1.93. The zero-order valence-electron chi connectivity index (χ0n) is 13.6. The van der Waals surface area contributed by atoms with E-state index in [0.717, 1.165) is 24.6 Å². The van der Waals surface area contributed by atoms with Crippen molar-refractivity contribution in [2.45, 2.75) is 37.8 Å². The van der Waals surface area contributed by atoms with E-state index in [1.165, 1.54) is 24.6 Å². The molecule has 0 unspecified atom stereocenters. The number of benzene rings is 1. The lowest BCUT2D eigenvalue weighted by molar-refractivity contribution is -0.127. The molecule has 1 amide bonds. The molecule has 0 spiro atoms. The maximum absolute atomic E-state index is 12.1. The third kappa shape index (κ3) is 3.75. The molecule has 0 N–H and O–H groups in total. The zero-order chi connectivity index (χ0) is 16.2. The van der Waals surface area contributed by atoms with E-state index in [9.17, 15) is 4.79 Å². The van der Waals surface area contributed by atoms with E-state index in [2.05, 4.69) is 10.1 Å². The number of thioether (sulfide) groups is 1. The van der Waals surface area contributed by atoms with Gasteiger partial charge in [0.25, 0.3) is 0 Å². The Kier molecular flexibility index (Phi) is 5.00. The predicted octanol–water partition coefficient (Wildman–Crippen LogP) is 3.11. The molecule has 122 valence electrons. The van der Waals surface area contributed by atoms with Gasteiger partial charge in [0.2, 0.25) is 11.1 Å². The van der Waals surface area contributed by atoms with Crippen molar-refractivity contribution in [3.05, 3.63) is 36.2 Å². The van der Waals surface area contributed by atoms with Gasteiger partial charge in [-0.2, -0.15) is 0 Å². The van der Waals surface area contributed by atoms with Crippen molar-refractivity contribution in [3.8, 4) is 5.69 Å². The second kappa shape index (κ2) is 7.17. The van der Waals surface area contributed by atoms with Crippen LogP contribution in [0.2, 0.25) is 0 Å². The van der Waals surface area contributed by atoms with Gasteiger partial charge in [0.15, 0.2) is 0 Å². The lowest BCUT2D eigenvalue weighted by Gasteiger charge is -2.17. The molecular weight excluding hydrogens is 308 g/mol. The molecule has 0 saturated heterocycles. The van der Waals surface area contributed by atoms with Gasteiger partial charge < -0.3 is 4.90 Å². The molecule has 6 heteroatoms. The minimum atomic E-state index is 0.143. The first-order valence-corrected chi connectivity index (χ1v) is 9.14. The minimum absolute atomic E-state index is 0.143. The largest absolute Gasteiger partial charge is 0.343 e. The fourth-order valence-corrected chi connectivity index (χ4v) is 3.26. The van der Waals surface area contributed by atoms with Crippen LogP contribution in [-0.4, -0.2) is 44.4 Å². The van der Waals surface area contributed by atoms with Gasteiger partial charge in [0, 0.05) is 19.0 Å². The monoisotopic (exact) mass is 330 g/mol. The number of amides is 1.